The average molecular weight is 198 g/mol. The highest BCUT2D eigenvalue weighted by atomic mass is 19.0. The Morgan fingerprint density at radius 3 is 1.23 bits per heavy atom. The van der Waals surface area contributed by atoms with Crippen LogP contribution in [0.4, 0.5) is 4.70 Å². The van der Waals surface area contributed by atoms with Crippen LogP contribution in [0.1, 0.15) is 0 Å². The first-order valence-electron chi connectivity index (χ1n) is 4.05. The second-order valence-corrected chi connectivity index (χ2v) is 2.21. The molecule has 0 fully saturated rings. The van der Waals surface area contributed by atoms with Crippen LogP contribution in [-0.4, -0.2) is 53.9 Å². The minimum atomic E-state index is 0. The van der Waals surface area contributed by atoms with Gasteiger partial charge < -0.3 is 18.9 Å². The molecule has 0 aliphatic heterocycles. The van der Waals surface area contributed by atoms with Crippen LogP contribution in [-0.2, 0) is 18.9 Å². The molecule has 0 aromatic rings. The van der Waals surface area contributed by atoms with Gasteiger partial charge in [-0.2, -0.15) is 0 Å². The molecule has 13 heavy (non-hydrogen) atoms. The summed E-state index contributed by atoms with van der Waals surface area (Å²) in [5.41, 5.74) is 0. The van der Waals surface area contributed by atoms with Gasteiger partial charge in [-0.15, -0.1) is 0 Å². The second-order valence-electron chi connectivity index (χ2n) is 2.21. The molecule has 0 atom stereocenters. The molecule has 0 heterocycles. The molecule has 0 rings (SSSR count). The van der Waals surface area contributed by atoms with E-state index in [4.69, 9.17) is 18.9 Å². The fourth-order valence-electron chi connectivity index (χ4n) is 0.606. The molecule has 82 valence electrons. The van der Waals surface area contributed by atoms with Crippen LogP contribution in [0.2, 0.25) is 0 Å². The molecule has 0 N–H and O–H groups in total. The molecular weight excluding hydrogens is 179 g/mol. The molecule has 4 nitrogen and oxygen atoms in total. The normalized spacial score (nSPS) is 9.69. The standard InChI is InChI=1S/C8H18O4.FH/c1-9-3-5-11-7-8-12-6-4-10-2;/h3-8H2,1-2H3;1H. The first kappa shape index (κ1) is 15.3. The van der Waals surface area contributed by atoms with Gasteiger partial charge in [0.05, 0.1) is 39.6 Å². The topological polar surface area (TPSA) is 36.9 Å². The van der Waals surface area contributed by atoms with E-state index in [1.807, 2.05) is 0 Å². The molecule has 0 spiro atoms. The minimum absolute atomic E-state index is 0. The lowest BCUT2D eigenvalue weighted by Gasteiger charge is -2.04. The maximum atomic E-state index is 5.16. The van der Waals surface area contributed by atoms with Crippen molar-refractivity contribution in [3.8, 4) is 0 Å². The van der Waals surface area contributed by atoms with Gasteiger partial charge in [0.25, 0.3) is 0 Å². The number of methoxy groups -OCH3 is 2. The number of halogens is 1. The van der Waals surface area contributed by atoms with Crippen LogP contribution in [0.25, 0.3) is 0 Å². The highest BCUT2D eigenvalue weighted by Gasteiger charge is 1.88. The van der Waals surface area contributed by atoms with E-state index in [2.05, 4.69) is 0 Å². The number of rotatable bonds is 9. The summed E-state index contributed by atoms with van der Waals surface area (Å²) >= 11 is 0. The fourth-order valence-corrected chi connectivity index (χ4v) is 0.606. The van der Waals surface area contributed by atoms with Crippen LogP contribution in [0.5, 0.6) is 0 Å². The Hall–Kier alpha value is -0.230. The molecule has 0 saturated heterocycles. The Bertz CT molecular complexity index is 72.5. The summed E-state index contributed by atoms with van der Waals surface area (Å²) in [4.78, 5) is 0. The Labute approximate surface area is 78.5 Å². The second kappa shape index (κ2) is 14.3. The van der Waals surface area contributed by atoms with Gasteiger partial charge in [-0.3, -0.25) is 4.70 Å². The van der Waals surface area contributed by atoms with E-state index in [9.17, 15) is 0 Å². The van der Waals surface area contributed by atoms with Gasteiger partial charge in [-0.1, -0.05) is 0 Å². The molecule has 0 aliphatic carbocycles. The largest absolute Gasteiger partial charge is 0.382 e. The molecule has 0 saturated carbocycles. The predicted octanol–water partition coefficient (Wildman–Crippen LogP) is 0.465. The quantitative estimate of drug-likeness (QED) is 0.504. The molecule has 0 unspecified atom stereocenters. The highest BCUT2D eigenvalue weighted by molar-refractivity contribution is 4.32. The highest BCUT2D eigenvalue weighted by Crippen LogP contribution is 1.79. The lowest BCUT2D eigenvalue weighted by Crippen LogP contribution is -2.10. The van der Waals surface area contributed by atoms with E-state index in [1.165, 1.54) is 0 Å². The third kappa shape index (κ3) is 14.6. The molecule has 0 bridgehead atoms. The van der Waals surface area contributed by atoms with Crippen molar-refractivity contribution in [2.45, 2.75) is 0 Å². The number of hydrogen-bond acceptors (Lipinski definition) is 4. The SMILES string of the molecule is COCCOCCOCCOC.F. The van der Waals surface area contributed by atoms with E-state index < -0.39 is 0 Å². The third-order valence-electron chi connectivity index (χ3n) is 1.24. The van der Waals surface area contributed by atoms with Gasteiger partial charge in [-0.25, -0.2) is 0 Å². The van der Waals surface area contributed by atoms with Crippen LogP contribution >= 0.6 is 0 Å². The summed E-state index contributed by atoms with van der Waals surface area (Å²) in [5.74, 6) is 0. The monoisotopic (exact) mass is 198 g/mol. The van der Waals surface area contributed by atoms with Crippen LogP contribution in [0.15, 0.2) is 0 Å². The van der Waals surface area contributed by atoms with Gasteiger partial charge in [0.2, 0.25) is 0 Å². The summed E-state index contributed by atoms with van der Waals surface area (Å²) in [7, 11) is 3.30. The zero-order valence-electron chi connectivity index (χ0n) is 8.28. The van der Waals surface area contributed by atoms with Gasteiger partial charge in [0.15, 0.2) is 0 Å². The maximum absolute atomic E-state index is 5.16. The molecule has 0 aromatic heterocycles. The smallest absolute Gasteiger partial charge is 0.0701 e. The van der Waals surface area contributed by atoms with E-state index in [0.717, 1.165) is 0 Å². The van der Waals surface area contributed by atoms with Crippen molar-refractivity contribution >= 4 is 0 Å². The van der Waals surface area contributed by atoms with Gasteiger partial charge in [-0.05, 0) is 0 Å². The van der Waals surface area contributed by atoms with E-state index in [1.54, 1.807) is 14.2 Å². The Morgan fingerprint density at radius 1 is 0.615 bits per heavy atom. The van der Waals surface area contributed by atoms with Crippen LogP contribution < -0.4 is 0 Å². The van der Waals surface area contributed by atoms with Crippen molar-refractivity contribution in [2.24, 2.45) is 0 Å². The molecule has 0 aromatic carbocycles. The third-order valence-corrected chi connectivity index (χ3v) is 1.24. The number of ether oxygens (including phenoxy) is 4. The summed E-state index contributed by atoms with van der Waals surface area (Å²) in [6, 6.07) is 0. The first-order chi connectivity index (χ1) is 5.91. The summed E-state index contributed by atoms with van der Waals surface area (Å²) in [6.07, 6.45) is 0. The average Bonchev–Trinajstić information content (AvgIpc) is 2.10. The first-order valence-corrected chi connectivity index (χ1v) is 4.05. The molecular formula is C8H19FO4. The van der Waals surface area contributed by atoms with Gasteiger partial charge in [0, 0.05) is 14.2 Å². The molecule has 0 radical (unpaired) electrons. The molecule has 0 aliphatic rings. The van der Waals surface area contributed by atoms with Crippen LogP contribution in [0.3, 0.4) is 0 Å². The zero-order chi connectivity index (χ0) is 9.07. The number of hydrogen-bond donors (Lipinski definition) is 0. The minimum Gasteiger partial charge on any atom is -0.382 e. The Kier molecular flexibility index (Phi) is 16.8. The lowest BCUT2D eigenvalue weighted by atomic mass is 10.7. The van der Waals surface area contributed by atoms with Crippen molar-refractivity contribution in [3.63, 3.8) is 0 Å². The lowest BCUT2D eigenvalue weighted by molar-refractivity contribution is 0.0106. The summed E-state index contributed by atoms with van der Waals surface area (Å²) < 4.78 is 19.9. The van der Waals surface area contributed by atoms with E-state index in [0.29, 0.717) is 39.6 Å². The van der Waals surface area contributed by atoms with Crippen molar-refractivity contribution in [1.82, 2.24) is 0 Å². The molecule has 5 heteroatoms. The van der Waals surface area contributed by atoms with E-state index >= 15 is 0 Å². The Morgan fingerprint density at radius 2 is 0.923 bits per heavy atom. The van der Waals surface area contributed by atoms with Crippen molar-refractivity contribution in [2.75, 3.05) is 53.9 Å². The van der Waals surface area contributed by atoms with Crippen molar-refractivity contribution < 1.29 is 23.7 Å². The maximum Gasteiger partial charge on any atom is 0.0701 e. The predicted molar refractivity (Wildman–Crippen MR) is 47.9 cm³/mol. The Balaban J connectivity index is 0. The summed E-state index contributed by atoms with van der Waals surface area (Å²) in [6.45, 7) is 3.77. The van der Waals surface area contributed by atoms with Crippen molar-refractivity contribution in [3.05, 3.63) is 0 Å². The van der Waals surface area contributed by atoms with Gasteiger partial charge in [0.1, 0.15) is 0 Å². The summed E-state index contributed by atoms with van der Waals surface area (Å²) in [5, 5.41) is 0. The molecule has 0 amide bonds. The fraction of sp³-hybridized carbons (Fsp3) is 1.00. The van der Waals surface area contributed by atoms with Gasteiger partial charge >= 0.3 is 0 Å². The van der Waals surface area contributed by atoms with Crippen molar-refractivity contribution in [1.29, 1.82) is 0 Å². The van der Waals surface area contributed by atoms with Crippen LogP contribution in [0, 0.1) is 0 Å². The zero-order valence-corrected chi connectivity index (χ0v) is 8.28. The van der Waals surface area contributed by atoms with E-state index in [-0.39, 0.29) is 4.70 Å².